The molecule has 0 atom stereocenters. The minimum atomic E-state index is -0.0671. The van der Waals surface area contributed by atoms with E-state index in [2.05, 4.69) is 24.1 Å². The summed E-state index contributed by atoms with van der Waals surface area (Å²) in [4.78, 5) is 18.9. The van der Waals surface area contributed by atoms with Crippen LogP contribution in [0.2, 0.25) is 0 Å². The Morgan fingerprint density at radius 3 is 2.38 bits per heavy atom. The Hall–Kier alpha value is -0.530. The second-order valence-corrected chi connectivity index (χ2v) is 7.02. The number of guanidine groups is 1. The molecule has 140 valence electrons. The Bertz CT molecular complexity index is 414. The molecule has 24 heavy (non-hydrogen) atoms. The van der Waals surface area contributed by atoms with E-state index in [0.717, 1.165) is 45.0 Å². The van der Waals surface area contributed by atoms with Crippen LogP contribution in [0.3, 0.4) is 0 Å². The number of piperidine rings is 1. The fourth-order valence-electron chi connectivity index (χ4n) is 3.91. The van der Waals surface area contributed by atoms with Gasteiger partial charge in [-0.25, -0.2) is 0 Å². The average molecular weight is 451 g/mol. The molecule has 1 saturated carbocycles. The predicted octanol–water partition coefficient (Wildman–Crippen LogP) is 3.43. The van der Waals surface area contributed by atoms with Gasteiger partial charge in [0.1, 0.15) is 0 Å². The molecule has 0 bridgehead atoms. The summed E-state index contributed by atoms with van der Waals surface area (Å²) in [5, 5.41) is 3.44. The minimum absolute atomic E-state index is 0. The molecule has 0 amide bonds. The quantitative estimate of drug-likeness (QED) is 0.301. The van der Waals surface area contributed by atoms with Crippen LogP contribution in [0.4, 0.5) is 0 Å². The van der Waals surface area contributed by atoms with Crippen molar-refractivity contribution in [1.82, 2.24) is 10.2 Å². The van der Waals surface area contributed by atoms with Crippen molar-refractivity contribution in [3.63, 3.8) is 0 Å². The summed E-state index contributed by atoms with van der Waals surface area (Å²) in [6.45, 7) is 7.99. The van der Waals surface area contributed by atoms with Crippen LogP contribution >= 0.6 is 24.0 Å². The van der Waals surface area contributed by atoms with Gasteiger partial charge in [0.2, 0.25) is 0 Å². The van der Waals surface area contributed by atoms with Gasteiger partial charge in [0, 0.05) is 26.2 Å². The van der Waals surface area contributed by atoms with Crippen molar-refractivity contribution >= 4 is 35.9 Å². The van der Waals surface area contributed by atoms with Crippen molar-refractivity contribution in [2.24, 2.45) is 16.3 Å². The molecule has 1 N–H and O–H groups in total. The second-order valence-electron chi connectivity index (χ2n) is 7.02. The highest BCUT2D eigenvalue weighted by Crippen LogP contribution is 2.41. The maximum Gasteiger partial charge on any atom is 0.308 e. The molecule has 1 aliphatic heterocycles. The monoisotopic (exact) mass is 451 g/mol. The number of carbonyl (C=O) groups excluding carboxylic acids is 1. The molecule has 1 saturated heterocycles. The Balaban J connectivity index is 0.00000288. The van der Waals surface area contributed by atoms with Crippen LogP contribution in [0, 0.1) is 11.3 Å². The van der Waals surface area contributed by atoms with Gasteiger partial charge in [-0.3, -0.25) is 9.79 Å². The predicted molar refractivity (Wildman–Crippen MR) is 109 cm³/mol. The van der Waals surface area contributed by atoms with Gasteiger partial charge in [-0.1, -0.05) is 19.8 Å². The molecule has 1 heterocycles. The minimum Gasteiger partial charge on any atom is -0.469 e. The van der Waals surface area contributed by atoms with E-state index in [1.165, 1.54) is 39.2 Å². The lowest BCUT2D eigenvalue weighted by atomic mass is 9.83. The van der Waals surface area contributed by atoms with Crippen molar-refractivity contribution in [2.75, 3.05) is 33.3 Å². The van der Waals surface area contributed by atoms with E-state index >= 15 is 0 Å². The molecular weight excluding hydrogens is 417 g/mol. The smallest absolute Gasteiger partial charge is 0.308 e. The van der Waals surface area contributed by atoms with Crippen LogP contribution in [0.5, 0.6) is 0 Å². The first-order valence-electron chi connectivity index (χ1n) is 9.25. The van der Waals surface area contributed by atoms with Gasteiger partial charge in [0.25, 0.3) is 0 Å². The van der Waals surface area contributed by atoms with E-state index in [1.54, 1.807) is 0 Å². The Kier molecular flexibility index (Phi) is 9.37. The third-order valence-corrected chi connectivity index (χ3v) is 5.64. The summed E-state index contributed by atoms with van der Waals surface area (Å²) in [5.41, 5.74) is 0.422. The third-order valence-electron chi connectivity index (χ3n) is 5.64. The first-order valence-corrected chi connectivity index (χ1v) is 9.25. The summed E-state index contributed by atoms with van der Waals surface area (Å²) in [6, 6.07) is 0. The third kappa shape index (κ3) is 5.49. The van der Waals surface area contributed by atoms with E-state index in [-0.39, 0.29) is 35.9 Å². The molecule has 2 aliphatic rings. The van der Waals surface area contributed by atoms with E-state index < -0.39 is 0 Å². The van der Waals surface area contributed by atoms with Gasteiger partial charge in [0.05, 0.1) is 13.0 Å². The molecule has 0 spiro atoms. The maximum absolute atomic E-state index is 11.7. The lowest BCUT2D eigenvalue weighted by Crippen LogP contribution is -2.47. The molecule has 6 heteroatoms. The number of hydrogen-bond acceptors (Lipinski definition) is 3. The van der Waals surface area contributed by atoms with E-state index in [0.29, 0.717) is 5.41 Å². The highest BCUT2D eigenvalue weighted by molar-refractivity contribution is 14.0. The average Bonchev–Trinajstić information content (AvgIpc) is 3.07. The summed E-state index contributed by atoms with van der Waals surface area (Å²) in [7, 11) is 1.48. The molecule has 0 radical (unpaired) electrons. The zero-order valence-electron chi connectivity index (χ0n) is 15.5. The molecule has 0 aromatic heterocycles. The number of hydrogen-bond donors (Lipinski definition) is 1. The standard InChI is InChI=1S/C18H33N3O2.HI/c1-4-18(10-6-7-11-18)14-20-17(19-5-2)21-12-8-15(9-13-21)16(22)23-3;/h15H,4-14H2,1-3H3,(H,19,20);1H. The lowest BCUT2D eigenvalue weighted by molar-refractivity contribution is -0.146. The highest BCUT2D eigenvalue weighted by atomic mass is 127. The molecule has 0 unspecified atom stereocenters. The number of esters is 1. The summed E-state index contributed by atoms with van der Waals surface area (Å²) >= 11 is 0. The molecule has 2 rings (SSSR count). The number of likely N-dealkylation sites (tertiary alicyclic amines) is 1. The molecule has 5 nitrogen and oxygen atoms in total. The van der Waals surface area contributed by atoms with Gasteiger partial charge in [-0.05, 0) is 44.4 Å². The van der Waals surface area contributed by atoms with Crippen LogP contribution in [0.25, 0.3) is 0 Å². The van der Waals surface area contributed by atoms with Crippen molar-refractivity contribution in [3.8, 4) is 0 Å². The number of rotatable bonds is 5. The van der Waals surface area contributed by atoms with Crippen LogP contribution in [0.15, 0.2) is 4.99 Å². The zero-order chi connectivity index (χ0) is 16.7. The second kappa shape index (κ2) is 10.5. The van der Waals surface area contributed by atoms with Crippen LogP contribution in [-0.4, -0.2) is 50.1 Å². The van der Waals surface area contributed by atoms with Gasteiger partial charge in [0.15, 0.2) is 5.96 Å². The van der Waals surface area contributed by atoms with Crippen molar-refractivity contribution in [2.45, 2.75) is 58.8 Å². The Morgan fingerprint density at radius 2 is 1.88 bits per heavy atom. The van der Waals surface area contributed by atoms with E-state index in [1.807, 2.05) is 0 Å². The normalized spacial score (nSPS) is 21.3. The topological polar surface area (TPSA) is 53.9 Å². The SMILES string of the molecule is CCNC(=NCC1(CC)CCCC1)N1CCC(C(=O)OC)CC1.I. The number of nitrogens with zero attached hydrogens (tertiary/aromatic N) is 2. The van der Waals surface area contributed by atoms with Crippen LogP contribution < -0.4 is 5.32 Å². The summed E-state index contributed by atoms with van der Waals surface area (Å²) in [5.74, 6) is 1.01. The number of carbonyl (C=O) groups is 1. The van der Waals surface area contributed by atoms with Gasteiger partial charge >= 0.3 is 5.97 Å². The fraction of sp³-hybridized carbons (Fsp3) is 0.889. The fourth-order valence-corrected chi connectivity index (χ4v) is 3.91. The van der Waals surface area contributed by atoms with Crippen LogP contribution in [-0.2, 0) is 9.53 Å². The number of aliphatic imine (C=N–C) groups is 1. The maximum atomic E-state index is 11.7. The molecule has 1 aliphatic carbocycles. The Morgan fingerprint density at radius 1 is 1.25 bits per heavy atom. The number of ether oxygens (including phenoxy) is 1. The summed E-state index contributed by atoms with van der Waals surface area (Å²) < 4.78 is 4.87. The van der Waals surface area contributed by atoms with Crippen molar-refractivity contribution in [3.05, 3.63) is 0 Å². The van der Waals surface area contributed by atoms with Gasteiger partial charge in [-0.2, -0.15) is 0 Å². The largest absolute Gasteiger partial charge is 0.469 e. The van der Waals surface area contributed by atoms with E-state index in [4.69, 9.17) is 9.73 Å². The first kappa shape index (κ1) is 21.5. The highest BCUT2D eigenvalue weighted by Gasteiger charge is 2.32. The molecular formula is C18H34IN3O2. The zero-order valence-corrected chi connectivity index (χ0v) is 17.8. The van der Waals surface area contributed by atoms with Crippen molar-refractivity contribution < 1.29 is 9.53 Å². The summed E-state index contributed by atoms with van der Waals surface area (Å²) in [6.07, 6.45) is 8.27. The first-order chi connectivity index (χ1) is 11.1. The molecule has 2 fully saturated rings. The van der Waals surface area contributed by atoms with E-state index in [9.17, 15) is 4.79 Å². The lowest BCUT2D eigenvalue weighted by Gasteiger charge is -2.34. The van der Waals surface area contributed by atoms with Crippen molar-refractivity contribution in [1.29, 1.82) is 0 Å². The number of halogens is 1. The van der Waals surface area contributed by atoms with Gasteiger partial charge < -0.3 is 15.0 Å². The molecule has 0 aromatic carbocycles. The number of methoxy groups -OCH3 is 1. The van der Waals surface area contributed by atoms with Crippen LogP contribution in [0.1, 0.15) is 58.8 Å². The molecule has 0 aromatic rings. The Labute approximate surface area is 164 Å². The number of nitrogens with one attached hydrogen (secondary N) is 1. The van der Waals surface area contributed by atoms with Gasteiger partial charge in [-0.15, -0.1) is 24.0 Å².